The molecule has 1 aromatic heterocycles. The summed E-state index contributed by atoms with van der Waals surface area (Å²) in [6.45, 7) is 5.82. The number of piperazine rings is 1. The smallest absolute Gasteiger partial charge is 0.111 e. The second-order valence-corrected chi connectivity index (χ2v) is 5.89. The largest absolute Gasteiger partial charge is 0.316 e. The Balaban J connectivity index is 1.60. The van der Waals surface area contributed by atoms with Gasteiger partial charge >= 0.3 is 0 Å². The monoisotopic (exact) mass is 263 g/mol. The molecule has 0 saturated carbocycles. The molecule has 1 saturated heterocycles. The summed E-state index contributed by atoms with van der Waals surface area (Å²) in [7, 11) is 2.20. The van der Waals surface area contributed by atoms with Gasteiger partial charge in [-0.1, -0.05) is 0 Å². The van der Waals surface area contributed by atoms with Gasteiger partial charge in [0, 0.05) is 51.0 Å². The van der Waals surface area contributed by atoms with Crippen LogP contribution in [-0.2, 0) is 12.8 Å². The minimum atomic E-state index is 0.147. The number of hydrogen-bond acceptors (Lipinski definition) is 4. The number of likely N-dealkylation sites (N-methyl/N-ethyl adjacent to an activating group) is 1. The van der Waals surface area contributed by atoms with Crippen molar-refractivity contribution in [2.45, 2.75) is 31.8 Å². The van der Waals surface area contributed by atoms with Gasteiger partial charge in [-0.15, -0.1) is 0 Å². The molecular formula is C14H25N5. The van der Waals surface area contributed by atoms with E-state index in [1.165, 1.54) is 44.1 Å². The Labute approximate surface area is 115 Å². The topological polar surface area (TPSA) is 50.3 Å². The second kappa shape index (κ2) is 5.61. The van der Waals surface area contributed by atoms with Crippen molar-refractivity contribution in [2.75, 3.05) is 39.8 Å². The summed E-state index contributed by atoms with van der Waals surface area (Å²) in [6.07, 6.45) is 6.62. The number of fused-ring (bicyclic) bond motifs is 1. The zero-order valence-electron chi connectivity index (χ0n) is 11.9. The molecule has 0 aromatic carbocycles. The Morgan fingerprint density at radius 2 is 2.11 bits per heavy atom. The molecular weight excluding hydrogens is 238 g/mol. The lowest BCUT2D eigenvalue weighted by Gasteiger charge is -2.32. The summed E-state index contributed by atoms with van der Waals surface area (Å²) in [5, 5.41) is 0. The van der Waals surface area contributed by atoms with Gasteiger partial charge in [0.15, 0.2) is 0 Å². The third kappa shape index (κ3) is 2.83. The van der Waals surface area contributed by atoms with Crippen molar-refractivity contribution in [1.29, 1.82) is 0 Å². The maximum absolute atomic E-state index is 6.22. The Morgan fingerprint density at radius 3 is 2.89 bits per heavy atom. The quantitative estimate of drug-likeness (QED) is 0.861. The lowest BCUT2D eigenvalue weighted by Crippen LogP contribution is -2.45. The standard InChI is InChI=1S/C14H25N5/c1-17-7-9-18(10-8-17)6-5-14-16-11-12-3-2-4-13(15)19(12)14/h11,13H,2-10,15H2,1H3. The molecule has 2 N–H and O–H groups in total. The van der Waals surface area contributed by atoms with Gasteiger partial charge in [0.25, 0.3) is 0 Å². The van der Waals surface area contributed by atoms with Crippen molar-refractivity contribution in [3.05, 3.63) is 17.7 Å². The summed E-state index contributed by atoms with van der Waals surface area (Å²) in [5.41, 5.74) is 7.55. The van der Waals surface area contributed by atoms with Crippen LogP contribution in [0.2, 0.25) is 0 Å². The Hall–Kier alpha value is -0.910. The molecule has 3 rings (SSSR count). The molecule has 2 aliphatic rings. The predicted octanol–water partition coefficient (Wildman–Crippen LogP) is 0.467. The molecule has 0 spiro atoms. The minimum Gasteiger partial charge on any atom is -0.316 e. The molecule has 1 unspecified atom stereocenters. The maximum Gasteiger partial charge on any atom is 0.111 e. The fourth-order valence-corrected chi connectivity index (χ4v) is 3.16. The van der Waals surface area contributed by atoms with Crippen LogP contribution in [0.4, 0.5) is 0 Å². The van der Waals surface area contributed by atoms with Crippen LogP contribution in [0.5, 0.6) is 0 Å². The predicted molar refractivity (Wildman–Crippen MR) is 76.0 cm³/mol. The molecule has 0 aliphatic carbocycles. The van der Waals surface area contributed by atoms with Crippen LogP contribution in [-0.4, -0.2) is 59.1 Å². The number of rotatable bonds is 3. The molecule has 19 heavy (non-hydrogen) atoms. The Morgan fingerprint density at radius 1 is 1.32 bits per heavy atom. The van der Waals surface area contributed by atoms with Crippen LogP contribution >= 0.6 is 0 Å². The van der Waals surface area contributed by atoms with Gasteiger partial charge in [0.2, 0.25) is 0 Å². The highest BCUT2D eigenvalue weighted by Gasteiger charge is 2.21. The lowest BCUT2D eigenvalue weighted by molar-refractivity contribution is 0.154. The van der Waals surface area contributed by atoms with E-state index in [0.29, 0.717) is 0 Å². The maximum atomic E-state index is 6.22. The van der Waals surface area contributed by atoms with E-state index in [1.54, 1.807) is 0 Å². The van der Waals surface area contributed by atoms with Crippen molar-refractivity contribution in [3.63, 3.8) is 0 Å². The molecule has 2 aliphatic heterocycles. The van der Waals surface area contributed by atoms with E-state index < -0.39 is 0 Å². The second-order valence-electron chi connectivity index (χ2n) is 5.89. The van der Waals surface area contributed by atoms with Crippen molar-refractivity contribution < 1.29 is 0 Å². The summed E-state index contributed by atoms with van der Waals surface area (Å²) in [6, 6.07) is 0. The number of hydrogen-bond donors (Lipinski definition) is 1. The molecule has 0 amide bonds. The molecule has 5 nitrogen and oxygen atoms in total. The van der Waals surface area contributed by atoms with Gasteiger partial charge in [-0.05, 0) is 26.3 Å². The first-order valence-electron chi connectivity index (χ1n) is 7.45. The molecule has 3 heterocycles. The third-order valence-corrected chi connectivity index (χ3v) is 4.46. The van der Waals surface area contributed by atoms with Gasteiger partial charge in [-0.2, -0.15) is 0 Å². The molecule has 1 fully saturated rings. The first-order valence-corrected chi connectivity index (χ1v) is 7.45. The average molecular weight is 263 g/mol. The molecule has 0 radical (unpaired) electrons. The first kappa shape index (κ1) is 13.1. The fourth-order valence-electron chi connectivity index (χ4n) is 3.16. The summed E-state index contributed by atoms with van der Waals surface area (Å²) in [4.78, 5) is 9.52. The molecule has 5 heteroatoms. The van der Waals surface area contributed by atoms with Crippen molar-refractivity contribution >= 4 is 0 Å². The van der Waals surface area contributed by atoms with Gasteiger partial charge in [0.05, 0.1) is 6.17 Å². The van der Waals surface area contributed by atoms with E-state index in [4.69, 9.17) is 5.73 Å². The minimum absolute atomic E-state index is 0.147. The highest BCUT2D eigenvalue weighted by molar-refractivity contribution is 5.10. The van der Waals surface area contributed by atoms with Gasteiger partial charge in [0.1, 0.15) is 5.82 Å². The molecule has 0 bridgehead atoms. The number of nitrogens with two attached hydrogens (primary N) is 1. The number of aromatic nitrogens is 2. The zero-order valence-corrected chi connectivity index (χ0v) is 11.9. The van der Waals surface area contributed by atoms with Crippen LogP contribution in [0.3, 0.4) is 0 Å². The van der Waals surface area contributed by atoms with E-state index >= 15 is 0 Å². The highest BCUT2D eigenvalue weighted by atomic mass is 15.2. The van der Waals surface area contributed by atoms with E-state index in [0.717, 1.165) is 25.8 Å². The van der Waals surface area contributed by atoms with E-state index in [1.807, 2.05) is 6.20 Å². The van der Waals surface area contributed by atoms with Gasteiger partial charge in [-0.3, -0.25) is 0 Å². The van der Waals surface area contributed by atoms with Gasteiger partial charge in [-0.25, -0.2) is 4.98 Å². The zero-order chi connectivity index (χ0) is 13.2. The van der Waals surface area contributed by atoms with Crippen LogP contribution in [0.1, 0.15) is 30.5 Å². The number of imidazole rings is 1. The van der Waals surface area contributed by atoms with Crippen molar-refractivity contribution in [1.82, 2.24) is 19.4 Å². The van der Waals surface area contributed by atoms with E-state index in [-0.39, 0.29) is 6.17 Å². The lowest BCUT2D eigenvalue weighted by atomic mass is 10.1. The van der Waals surface area contributed by atoms with E-state index in [2.05, 4.69) is 26.4 Å². The Bertz CT molecular complexity index is 419. The summed E-state index contributed by atoms with van der Waals surface area (Å²) in [5.74, 6) is 1.18. The number of aryl methyl sites for hydroxylation is 1. The first-order chi connectivity index (χ1) is 9.24. The van der Waals surface area contributed by atoms with Crippen LogP contribution < -0.4 is 5.73 Å². The molecule has 1 atom stereocenters. The average Bonchev–Trinajstić information content (AvgIpc) is 2.83. The third-order valence-electron chi connectivity index (χ3n) is 4.46. The van der Waals surface area contributed by atoms with E-state index in [9.17, 15) is 0 Å². The van der Waals surface area contributed by atoms with Crippen LogP contribution in [0, 0.1) is 0 Å². The summed E-state index contributed by atoms with van der Waals surface area (Å²) >= 11 is 0. The van der Waals surface area contributed by atoms with Crippen LogP contribution in [0.15, 0.2) is 6.20 Å². The summed E-state index contributed by atoms with van der Waals surface area (Å²) < 4.78 is 2.28. The normalized spacial score (nSPS) is 25.5. The van der Waals surface area contributed by atoms with Crippen LogP contribution in [0.25, 0.3) is 0 Å². The van der Waals surface area contributed by atoms with Gasteiger partial charge < -0.3 is 20.1 Å². The Kier molecular flexibility index (Phi) is 3.86. The molecule has 106 valence electrons. The highest BCUT2D eigenvalue weighted by Crippen LogP contribution is 2.23. The SMILES string of the molecule is CN1CCN(CCc2ncc3n2C(N)CCC3)CC1. The fraction of sp³-hybridized carbons (Fsp3) is 0.786. The van der Waals surface area contributed by atoms with Crippen molar-refractivity contribution in [2.24, 2.45) is 5.73 Å². The number of nitrogens with zero attached hydrogens (tertiary/aromatic N) is 4. The molecule has 1 aromatic rings. The van der Waals surface area contributed by atoms with Crippen molar-refractivity contribution in [3.8, 4) is 0 Å².